The number of aromatic nitrogens is 3. The fourth-order valence-corrected chi connectivity index (χ4v) is 1.93. The summed E-state index contributed by atoms with van der Waals surface area (Å²) in [4.78, 5) is 22.4. The Hall–Kier alpha value is -1.92. The van der Waals surface area contributed by atoms with Gasteiger partial charge in [-0.3, -0.25) is 9.59 Å². The van der Waals surface area contributed by atoms with Gasteiger partial charge in [0.15, 0.2) is 0 Å². The van der Waals surface area contributed by atoms with Crippen LogP contribution < -0.4 is 5.32 Å². The molecule has 0 radical (unpaired) electrons. The molecule has 1 aromatic rings. The monoisotopic (exact) mass is 268 g/mol. The van der Waals surface area contributed by atoms with E-state index in [4.69, 9.17) is 5.11 Å². The molecule has 1 aromatic heterocycles. The van der Waals surface area contributed by atoms with Crippen molar-refractivity contribution in [3.63, 3.8) is 0 Å². The van der Waals surface area contributed by atoms with Crippen LogP contribution in [0.3, 0.4) is 0 Å². The van der Waals surface area contributed by atoms with Crippen molar-refractivity contribution in [3.8, 4) is 0 Å². The number of hydrogen-bond acceptors (Lipinski definition) is 4. The SMILES string of the molecule is CC(C)C[C@H](CNC(=O)Cn1ccnn1)CC(=O)O. The predicted octanol–water partition coefficient (Wildman–Crippen LogP) is 0.531. The van der Waals surface area contributed by atoms with Gasteiger partial charge in [-0.25, -0.2) is 4.68 Å². The van der Waals surface area contributed by atoms with Gasteiger partial charge in [-0.05, 0) is 18.3 Å². The first-order valence-corrected chi connectivity index (χ1v) is 6.30. The van der Waals surface area contributed by atoms with Crippen LogP contribution in [0.25, 0.3) is 0 Å². The van der Waals surface area contributed by atoms with Crippen molar-refractivity contribution in [2.75, 3.05) is 6.54 Å². The zero-order valence-electron chi connectivity index (χ0n) is 11.2. The second-order valence-electron chi connectivity index (χ2n) is 5.00. The third-order valence-electron chi connectivity index (χ3n) is 2.63. The third kappa shape index (κ3) is 6.54. The van der Waals surface area contributed by atoms with Gasteiger partial charge in [0, 0.05) is 19.2 Å². The highest BCUT2D eigenvalue weighted by Gasteiger charge is 2.16. The van der Waals surface area contributed by atoms with Crippen LogP contribution in [0.5, 0.6) is 0 Å². The van der Waals surface area contributed by atoms with Crippen LogP contribution in [-0.4, -0.2) is 38.5 Å². The van der Waals surface area contributed by atoms with Crippen LogP contribution in [0.1, 0.15) is 26.7 Å². The molecule has 0 aromatic carbocycles. The zero-order valence-corrected chi connectivity index (χ0v) is 11.2. The summed E-state index contributed by atoms with van der Waals surface area (Å²) in [5, 5.41) is 18.9. The quantitative estimate of drug-likeness (QED) is 0.717. The maximum atomic E-state index is 11.6. The normalized spacial score (nSPS) is 12.4. The van der Waals surface area contributed by atoms with Gasteiger partial charge in [0.2, 0.25) is 5.91 Å². The summed E-state index contributed by atoms with van der Waals surface area (Å²) in [5.74, 6) is -0.672. The number of amides is 1. The number of aliphatic carboxylic acids is 1. The lowest BCUT2D eigenvalue weighted by atomic mass is 9.94. The molecule has 0 saturated heterocycles. The van der Waals surface area contributed by atoms with E-state index in [1.807, 2.05) is 13.8 Å². The molecule has 0 bridgehead atoms. The van der Waals surface area contributed by atoms with Gasteiger partial charge in [-0.15, -0.1) is 5.10 Å². The molecular formula is C12H20N4O3. The van der Waals surface area contributed by atoms with E-state index in [0.717, 1.165) is 6.42 Å². The second kappa shape index (κ2) is 7.50. The first-order valence-electron chi connectivity index (χ1n) is 6.30. The fraction of sp³-hybridized carbons (Fsp3) is 0.667. The third-order valence-corrected chi connectivity index (χ3v) is 2.63. The summed E-state index contributed by atoms with van der Waals surface area (Å²) in [6, 6.07) is 0. The van der Waals surface area contributed by atoms with Crippen molar-refractivity contribution in [1.29, 1.82) is 0 Å². The number of carboxylic acids is 1. The van der Waals surface area contributed by atoms with Gasteiger partial charge in [0.1, 0.15) is 6.54 Å². The summed E-state index contributed by atoms with van der Waals surface area (Å²) in [6.07, 6.45) is 3.94. The Morgan fingerprint density at radius 3 is 2.68 bits per heavy atom. The largest absolute Gasteiger partial charge is 0.481 e. The van der Waals surface area contributed by atoms with Gasteiger partial charge >= 0.3 is 5.97 Å². The van der Waals surface area contributed by atoms with Crippen LogP contribution in [0.4, 0.5) is 0 Å². The molecule has 0 aliphatic rings. The molecule has 106 valence electrons. The van der Waals surface area contributed by atoms with Crippen LogP contribution in [0.2, 0.25) is 0 Å². The minimum atomic E-state index is -0.837. The molecule has 1 rings (SSSR count). The Morgan fingerprint density at radius 1 is 1.42 bits per heavy atom. The highest BCUT2D eigenvalue weighted by atomic mass is 16.4. The smallest absolute Gasteiger partial charge is 0.303 e. The minimum absolute atomic E-state index is 0.0443. The Morgan fingerprint density at radius 2 is 2.16 bits per heavy atom. The molecular weight excluding hydrogens is 248 g/mol. The zero-order chi connectivity index (χ0) is 14.3. The minimum Gasteiger partial charge on any atom is -0.481 e. The molecule has 0 fully saturated rings. The Bertz CT molecular complexity index is 403. The van der Waals surface area contributed by atoms with Crippen LogP contribution >= 0.6 is 0 Å². The number of hydrogen-bond donors (Lipinski definition) is 2. The molecule has 0 aliphatic heterocycles. The lowest BCUT2D eigenvalue weighted by Gasteiger charge is -2.17. The lowest BCUT2D eigenvalue weighted by molar-refractivity contribution is -0.138. The second-order valence-corrected chi connectivity index (χ2v) is 5.00. The summed E-state index contributed by atoms with van der Waals surface area (Å²) in [6.45, 7) is 4.54. The van der Waals surface area contributed by atoms with E-state index in [2.05, 4.69) is 15.6 Å². The van der Waals surface area contributed by atoms with Gasteiger partial charge in [0.05, 0.1) is 6.20 Å². The number of carbonyl (C=O) groups is 2. The molecule has 7 nitrogen and oxygen atoms in total. The van der Waals surface area contributed by atoms with Crippen molar-refractivity contribution in [1.82, 2.24) is 20.3 Å². The molecule has 0 aliphatic carbocycles. The van der Waals surface area contributed by atoms with Crippen molar-refractivity contribution in [2.24, 2.45) is 11.8 Å². The molecule has 1 amide bonds. The molecule has 0 saturated carbocycles. The Balaban J connectivity index is 2.37. The van der Waals surface area contributed by atoms with E-state index in [9.17, 15) is 9.59 Å². The van der Waals surface area contributed by atoms with E-state index < -0.39 is 5.97 Å². The Labute approximate surface area is 112 Å². The molecule has 0 unspecified atom stereocenters. The Kier molecular flexibility index (Phi) is 5.98. The number of rotatable bonds is 8. The average molecular weight is 268 g/mol. The first kappa shape index (κ1) is 15.1. The highest BCUT2D eigenvalue weighted by molar-refractivity contribution is 5.75. The lowest BCUT2D eigenvalue weighted by Crippen LogP contribution is -2.33. The summed E-state index contributed by atoms with van der Waals surface area (Å²) in [5.41, 5.74) is 0. The van der Waals surface area contributed by atoms with E-state index >= 15 is 0 Å². The molecule has 7 heteroatoms. The fourth-order valence-electron chi connectivity index (χ4n) is 1.93. The number of carbonyl (C=O) groups excluding carboxylic acids is 1. The van der Waals surface area contributed by atoms with Crippen molar-refractivity contribution < 1.29 is 14.7 Å². The number of carboxylic acid groups (broad SMARTS) is 1. The van der Waals surface area contributed by atoms with Gasteiger partial charge in [0.25, 0.3) is 0 Å². The summed E-state index contributed by atoms with van der Waals surface area (Å²) >= 11 is 0. The van der Waals surface area contributed by atoms with E-state index in [1.165, 1.54) is 10.9 Å². The van der Waals surface area contributed by atoms with Crippen molar-refractivity contribution >= 4 is 11.9 Å². The number of nitrogens with zero attached hydrogens (tertiary/aromatic N) is 3. The van der Waals surface area contributed by atoms with E-state index in [1.54, 1.807) is 6.20 Å². The van der Waals surface area contributed by atoms with Crippen LogP contribution in [0.15, 0.2) is 12.4 Å². The first-order chi connectivity index (χ1) is 8.97. The van der Waals surface area contributed by atoms with E-state index in [-0.39, 0.29) is 24.8 Å². The molecule has 1 atom stereocenters. The average Bonchev–Trinajstić information content (AvgIpc) is 2.77. The molecule has 19 heavy (non-hydrogen) atoms. The highest BCUT2D eigenvalue weighted by Crippen LogP contribution is 2.14. The standard InChI is InChI=1S/C12H20N4O3/c1-9(2)5-10(6-12(18)19)7-13-11(17)8-16-4-3-14-15-16/h3-4,9-10H,5-8H2,1-2H3,(H,13,17)(H,18,19)/t10-/m0/s1. The van der Waals surface area contributed by atoms with Gasteiger partial charge in [-0.2, -0.15) is 0 Å². The van der Waals surface area contributed by atoms with E-state index in [0.29, 0.717) is 12.5 Å². The maximum absolute atomic E-state index is 11.6. The van der Waals surface area contributed by atoms with Crippen LogP contribution in [-0.2, 0) is 16.1 Å². The molecule has 2 N–H and O–H groups in total. The van der Waals surface area contributed by atoms with Crippen LogP contribution in [0, 0.1) is 11.8 Å². The predicted molar refractivity (Wildman–Crippen MR) is 68.2 cm³/mol. The topological polar surface area (TPSA) is 97.1 Å². The summed E-state index contributed by atoms with van der Waals surface area (Å²) < 4.78 is 1.42. The van der Waals surface area contributed by atoms with Crippen molar-refractivity contribution in [2.45, 2.75) is 33.2 Å². The van der Waals surface area contributed by atoms with Gasteiger partial charge < -0.3 is 10.4 Å². The van der Waals surface area contributed by atoms with Gasteiger partial charge in [-0.1, -0.05) is 19.1 Å². The summed E-state index contributed by atoms with van der Waals surface area (Å²) in [7, 11) is 0. The molecule has 0 spiro atoms. The van der Waals surface area contributed by atoms with Crippen molar-refractivity contribution in [3.05, 3.63) is 12.4 Å². The number of nitrogens with one attached hydrogen (secondary N) is 1. The molecule has 1 heterocycles. The maximum Gasteiger partial charge on any atom is 0.303 e.